The van der Waals surface area contributed by atoms with E-state index in [2.05, 4.69) is 20.9 Å². The number of carbonyl (C=O) groups excluding carboxylic acids is 1. The number of carbonyl (C=O) groups is 1. The third kappa shape index (κ3) is 8.06. The van der Waals surface area contributed by atoms with E-state index < -0.39 is 5.60 Å². The van der Waals surface area contributed by atoms with Crippen molar-refractivity contribution in [2.45, 2.75) is 77.6 Å². The number of amides is 1. The molecule has 0 spiro atoms. The van der Waals surface area contributed by atoms with Crippen LogP contribution in [0.2, 0.25) is 0 Å². The van der Waals surface area contributed by atoms with Crippen LogP contribution in [0.3, 0.4) is 0 Å². The summed E-state index contributed by atoms with van der Waals surface area (Å²) in [5.74, 6) is 1.02. The highest BCUT2D eigenvalue weighted by molar-refractivity contribution is 5.80. The van der Waals surface area contributed by atoms with Gasteiger partial charge in [0.05, 0.1) is 6.54 Å². The van der Waals surface area contributed by atoms with Crippen molar-refractivity contribution in [1.29, 1.82) is 0 Å². The number of phenolic OH excluding ortho intramolecular Hbond substituents is 1. The highest BCUT2D eigenvalue weighted by Gasteiger charge is 2.25. The Morgan fingerprint density at radius 3 is 2.39 bits per heavy atom. The Bertz CT molecular complexity index is 662. The third-order valence-corrected chi connectivity index (χ3v) is 4.46. The van der Waals surface area contributed by atoms with E-state index in [9.17, 15) is 9.90 Å². The standard InChI is InChI=1S/C21H34N4O3/c1-5-22-19(23-14-15-7-6-8-18(26)13-15)24-16-9-11-17(12-10-16)25-20(27)28-21(2,3)4/h6-8,13,16-17,26H,5,9-12,14H2,1-4H3,(H,25,27)(H2,22,23,24). The predicted molar refractivity (Wildman–Crippen MR) is 111 cm³/mol. The highest BCUT2D eigenvalue weighted by atomic mass is 16.6. The fourth-order valence-corrected chi connectivity index (χ4v) is 3.19. The zero-order valence-electron chi connectivity index (χ0n) is 17.4. The first-order chi connectivity index (χ1) is 13.2. The minimum absolute atomic E-state index is 0.153. The number of aliphatic imine (C=N–C) groups is 1. The molecule has 28 heavy (non-hydrogen) atoms. The molecule has 0 aliphatic heterocycles. The molecule has 7 heteroatoms. The number of guanidine groups is 1. The molecule has 0 aromatic heterocycles. The first-order valence-electron chi connectivity index (χ1n) is 10.1. The van der Waals surface area contributed by atoms with E-state index in [4.69, 9.17) is 4.74 Å². The van der Waals surface area contributed by atoms with Crippen LogP contribution >= 0.6 is 0 Å². The van der Waals surface area contributed by atoms with Crippen molar-refractivity contribution in [2.24, 2.45) is 4.99 Å². The van der Waals surface area contributed by atoms with Crippen molar-refractivity contribution >= 4 is 12.1 Å². The van der Waals surface area contributed by atoms with Gasteiger partial charge in [0.15, 0.2) is 5.96 Å². The van der Waals surface area contributed by atoms with Crippen LogP contribution in [0.15, 0.2) is 29.3 Å². The zero-order valence-corrected chi connectivity index (χ0v) is 17.4. The number of benzene rings is 1. The fourth-order valence-electron chi connectivity index (χ4n) is 3.19. The number of ether oxygens (including phenoxy) is 1. The van der Waals surface area contributed by atoms with Gasteiger partial charge in [-0.05, 0) is 71.1 Å². The van der Waals surface area contributed by atoms with Crippen molar-refractivity contribution in [3.8, 4) is 5.75 Å². The van der Waals surface area contributed by atoms with Crippen molar-refractivity contribution in [3.05, 3.63) is 29.8 Å². The molecule has 1 saturated carbocycles. The number of rotatable bonds is 5. The lowest BCUT2D eigenvalue weighted by Crippen LogP contribution is -2.48. The Labute approximate surface area is 168 Å². The second-order valence-corrected chi connectivity index (χ2v) is 8.20. The highest BCUT2D eigenvalue weighted by Crippen LogP contribution is 2.19. The van der Waals surface area contributed by atoms with E-state index in [1.165, 1.54) is 0 Å². The van der Waals surface area contributed by atoms with Crippen LogP contribution < -0.4 is 16.0 Å². The maximum atomic E-state index is 11.9. The topological polar surface area (TPSA) is 95.0 Å². The molecule has 1 aromatic rings. The van der Waals surface area contributed by atoms with Crippen LogP contribution in [0.5, 0.6) is 5.75 Å². The lowest BCUT2D eigenvalue weighted by molar-refractivity contribution is 0.0490. The van der Waals surface area contributed by atoms with Gasteiger partial charge in [-0.15, -0.1) is 0 Å². The van der Waals surface area contributed by atoms with Gasteiger partial charge in [0.1, 0.15) is 11.4 Å². The minimum atomic E-state index is -0.477. The molecule has 0 saturated heterocycles. The second-order valence-electron chi connectivity index (χ2n) is 8.20. The second kappa shape index (κ2) is 10.2. The van der Waals surface area contributed by atoms with E-state index in [-0.39, 0.29) is 17.9 Å². The summed E-state index contributed by atoms with van der Waals surface area (Å²) >= 11 is 0. The molecule has 0 heterocycles. The third-order valence-electron chi connectivity index (χ3n) is 4.46. The summed E-state index contributed by atoms with van der Waals surface area (Å²) in [6.07, 6.45) is 3.38. The van der Waals surface area contributed by atoms with E-state index in [1.54, 1.807) is 12.1 Å². The van der Waals surface area contributed by atoms with E-state index in [1.807, 2.05) is 39.8 Å². The van der Waals surface area contributed by atoms with Gasteiger partial charge in [0.25, 0.3) is 0 Å². The summed E-state index contributed by atoms with van der Waals surface area (Å²) in [7, 11) is 0. The van der Waals surface area contributed by atoms with Crippen molar-refractivity contribution < 1.29 is 14.6 Å². The molecular weight excluding hydrogens is 356 g/mol. The molecule has 2 rings (SSSR count). The van der Waals surface area contributed by atoms with E-state index in [0.717, 1.165) is 43.8 Å². The lowest BCUT2D eigenvalue weighted by atomic mass is 9.91. The Kier molecular flexibility index (Phi) is 7.96. The summed E-state index contributed by atoms with van der Waals surface area (Å²) in [5, 5.41) is 19.3. The molecule has 1 amide bonds. The minimum Gasteiger partial charge on any atom is -0.508 e. The summed E-state index contributed by atoms with van der Waals surface area (Å²) in [5.41, 5.74) is 0.484. The van der Waals surface area contributed by atoms with Crippen LogP contribution in [0.4, 0.5) is 4.79 Å². The van der Waals surface area contributed by atoms with Gasteiger partial charge >= 0.3 is 6.09 Å². The summed E-state index contributed by atoms with van der Waals surface area (Å²) < 4.78 is 5.33. The maximum absolute atomic E-state index is 11.9. The first kappa shape index (κ1) is 21.9. The maximum Gasteiger partial charge on any atom is 0.407 e. The average Bonchev–Trinajstić information content (AvgIpc) is 2.60. The summed E-state index contributed by atoms with van der Waals surface area (Å²) in [6, 6.07) is 7.61. The summed E-state index contributed by atoms with van der Waals surface area (Å²) in [4.78, 5) is 16.5. The van der Waals surface area contributed by atoms with E-state index in [0.29, 0.717) is 12.6 Å². The van der Waals surface area contributed by atoms with E-state index >= 15 is 0 Å². The molecule has 0 radical (unpaired) electrons. The van der Waals surface area contributed by atoms with Crippen molar-refractivity contribution in [1.82, 2.24) is 16.0 Å². The predicted octanol–water partition coefficient (Wildman–Crippen LogP) is 3.28. The molecule has 1 fully saturated rings. The van der Waals surface area contributed by atoms with Gasteiger partial charge in [0, 0.05) is 18.6 Å². The van der Waals surface area contributed by atoms with Gasteiger partial charge < -0.3 is 25.8 Å². The smallest absolute Gasteiger partial charge is 0.407 e. The molecule has 7 nitrogen and oxygen atoms in total. The monoisotopic (exact) mass is 390 g/mol. The molecule has 0 unspecified atom stereocenters. The molecule has 0 bridgehead atoms. The zero-order chi connectivity index (χ0) is 20.6. The molecule has 1 aliphatic rings. The van der Waals surface area contributed by atoms with Crippen LogP contribution in [0.1, 0.15) is 58.9 Å². The Morgan fingerprint density at radius 1 is 1.18 bits per heavy atom. The van der Waals surface area contributed by atoms with Crippen LogP contribution in [-0.4, -0.2) is 41.4 Å². The van der Waals surface area contributed by atoms with Gasteiger partial charge in [0.2, 0.25) is 0 Å². The van der Waals surface area contributed by atoms with Crippen molar-refractivity contribution in [2.75, 3.05) is 6.54 Å². The van der Waals surface area contributed by atoms with Gasteiger partial charge in [-0.1, -0.05) is 12.1 Å². The summed E-state index contributed by atoms with van der Waals surface area (Å²) in [6.45, 7) is 8.91. The largest absolute Gasteiger partial charge is 0.508 e. The fraction of sp³-hybridized carbons (Fsp3) is 0.619. The number of nitrogens with one attached hydrogen (secondary N) is 3. The molecule has 4 N–H and O–H groups in total. The van der Waals surface area contributed by atoms with Gasteiger partial charge in [-0.2, -0.15) is 0 Å². The quantitative estimate of drug-likeness (QED) is 0.457. The molecule has 1 aromatic carbocycles. The Balaban J connectivity index is 1.81. The van der Waals surface area contributed by atoms with Crippen LogP contribution in [0.25, 0.3) is 0 Å². The number of hydrogen-bond acceptors (Lipinski definition) is 4. The lowest BCUT2D eigenvalue weighted by Gasteiger charge is -2.31. The SMILES string of the molecule is CCNC(=NCc1cccc(O)c1)NC1CCC(NC(=O)OC(C)(C)C)CC1. The Morgan fingerprint density at radius 2 is 1.82 bits per heavy atom. The number of alkyl carbamates (subject to hydrolysis) is 1. The van der Waals surface area contributed by atoms with Gasteiger partial charge in [-0.25, -0.2) is 9.79 Å². The normalized spacial score (nSPS) is 20.4. The number of aromatic hydroxyl groups is 1. The average molecular weight is 391 g/mol. The van der Waals surface area contributed by atoms with Crippen molar-refractivity contribution in [3.63, 3.8) is 0 Å². The first-order valence-corrected chi connectivity index (χ1v) is 10.1. The molecule has 1 aliphatic carbocycles. The number of hydrogen-bond donors (Lipinski definition) is 4. The van der Waals surface area contributed by atoms with Crippen LogP contribution in [0, 0.1) is 0 Å². The number of phenols is 1. The van der Waals surface area contributed by atoms with Gasteiger partial charge in [-0.3, -0.25) is 0 Å². The van der Waals surface area contributed by atoms with Crippen LogP contribution in [-0.2, 0) is 11.3 Å². The molecule has 156 valence electrons. The Hall–Kier alpha value is -2.44. The molecule has 0 atom stereocenters. The molecular formula is C21H34N4O3. The number of nitrogens with zero attached hydrogens (tertiary/aromatic N) is 1.